The molecule has 4 nitrogen and oxygen atoms in total. The van der Waals surface area contributed by atoms with Gasteiger partial charge in [0.1, 0.15) is 6.04 Å². The molecule has 0 aromatic carbocycles. The molecule has 0 bridgehead atoms. The van der Waals surface area contributed by atoms with Crippen molar-refractivity contribution in [2.24, 2.45) is 0 Å². The van der Waals surface area contributed by atoms with Crippen molar-refractivity contribution in [3.8, 4) is 0 Å². The quantitative estimate of drug-likeness (QED) is 0.500. The van der Waals surface area contributed by atoms with Crippen molar-refractivity contribution in [3.05, 3.63) is 22.4 Å². The van der Waals surface area contributed by atoms with E-state index in [0.29, 0.717) is 6.42 Å². The zero-order chi connectivity index (χ0) is 9.68. The topological polar surface area (TPSA) is 66.4 Å². The molecule has 0 fully saturated rings. The van der Waals surface area contributed by atoms with Crippen molar-refractivity contribution < 1.29 is 14.7 Å². The van der Waals surface area contributed by atoms with Crippen molar-refractivity contribution in [2.75, 3.05) is 0 Å². The maximum absolute atomic E-state index is 10.6. The largest absolute Gasteiger partial charge is 0.520 e. The summed E-state index contributed by atoms with van der Waals surface area (Å²) >= 11 is 1.49. The van der Waals surface area contributed by atoms with Gasteiger partial charge in [-0.3, -0.25) is 4.79 Å². The fourth-order valence-electron chi connectivity index (χ4n) is 0.916. The molecule has 1 heterocycles. The van der Waals surface area contributed by atoms with Crippen LogP contribution in [0.3, 0.4) is 0 Å². The van der Waals surface area contributed by atoms with Crippen molar-refractivity contribution >= 4 is 23.7 Å². The second-order valence-corrected chi connectivity index (χ2v) is 3.25. The summed E-state index contributed by atoms with van der Waals surface area (Å²) in [7, 11) is 0. The van der Waals surface area contributed by atoms with Crippen LogP contribution in [-0.4, -0.2) is 23.5 Å². The Morgan fingerprint density at radius 3 is 2.86 bits per heavy atom. The van der Waals surface area contributed by atoms with E-state index >= 15 is 0 Å². The fraction of sp³-hybridized carbons (Fsp3) is 0.250. The van der Waals surface area contributed by atoms with Gasteiger partial charge < -0.3 is 15.2 Å². The average Bonchev–Trinajstić information content (AvgIpc) is 2.56. The molecule has 0 aliphatic carbocycles. The molecule has 1 atom stereocenters. The number of carboxylic acids is 1. The zero-order valence-electron chi connectivity index (χ0n) is 6.98. The van der Waals surface area contributed by atoms with Gasteiger partial charge in [0.2, 0.25) is 0 Å². The van der Waals surface area contributed by atoms with E-state index in [2.05, 4.69) is 5.32 Å². The van der Waals surface area contributed by atoms with E-state index in [1.807, 2.05) is 16.8 Å². The van der Waals surface area contributed by atoms with Gasteiger partial charge in [-0.25, -0.2) is 0 Å². The predicted octanol–water partition coefficient (Wildman–Crippen LogP) is 0.401. The normalized spacial score (nSPS) is 11.1. The molecule has 82 valence electrons. The molecule has 1 aromatic rings. The van der Waals surface area contributed by atoms with Crippen molar-refractivity contribution in [1.82, 2.24) is 5.32 Å². The van der Waals surface area contributed by atoms with Crippen molar-refractivity contribution in [1.29, 1.82) is 0 Å². The minimum atomic E-state index is -1.05. The van der Waals surface area contributed by atoms with Crippen LogP contribution in [0, 0.1) is 0 Å². The third-order valence-electron chi connectivity index (χ3n) is 1.55. The van der Waals surface area contributed by atoms with E-state index in [1.54, 1.807) is 0 Å². The first-order valence-corrected chi connectivity index (χ1v) is 4.55. The summed E-state index contributed by atoms with van der Waals surface area (Å²) in [5.74, 6) is -1.05. The first-order valence-electron chi connectivity index (χ1n) is 3.60. The Hall–Kier alpha value is -2.36. The van der Waals surface area contributed by atoms with Crippen LogP contribution in [0.1, 0.15) is 5.56 Å². The average molecular weight is 455 g/mol. The van der Waals surface area contributed by atoms with Gasteiger partial charge >= 0.3 is 5.97 Å². The van der Waals surface area contributed by atoms with Gasteiger partial charge in [-0.1, -0.05) is 0 Å². The summed E-state index contributed by atoms with van der Waals surface area (Å²) < 4.78 is 0. The number of thiophene rings is 1. The Morgan fingerprint density at radius 1 is 1.71 bits per heavy atom. The number of amides is 1. The van der Waals surface area contributed by atoms with Crippen LogP contribution < -0.4 is 5.32 Å². The maximum atomic E-state index is 10.6. The van der Waals surface area contributed by atoms with E-state index in [1.165, 1.54) is 17.7 Å². The molecule has 1 aromatic heterocycles. The molecule has 14 heavy (non-hydrogen) atoms. The summed E-state index contributed by atoms with van der Waals surface area (Å²) in [5.41, 5.74) is 0.903. The first-order chi connectivity index (χ1) is 6.24. The summed E-state index contributed by atoms with van der Waals surface area (Å²) in [4.78, 5) is 20.5. The molecule has 1 rings (SSSR count). The zero-order valence-corrected chi connectivity index (χ0v) is 10.2. The predicted molar refractivity (Wildman–Crippen MR) is 48.3 cm³/mol. The molecule has 0 aliphatic rings. The van der Waals surface area contributed by atoms with Gasteiger partial charge in [-0.15, -0.1) is 0 Å². The maximum Gasteiger partial charge on any atom is 0.323 e. The number of hydrogen-bond donors (Lipinski definition) is 2. The number of carbonyl (C=O) groups is 1. The van der Waals surface area contributed by atoms with Crippen LogP contribution in [0.15, 0.2) is 16.8 Å². The van der Waals surface area contributed by atoms with E-state index in [-0.39, 0.29) is 0 Å². The minimum Gasteiger partial charge on any atom is -0.520 e. The van der Waals surface area contributed by atoms with Crippen LogP contribution in [0.25, 0.3) is 0 Å². The minimum absolute atomic E-state index is 0. The standard InChI is InChI=1S/C8H8NO3S.Fm/c10-5-9-7(8(11)12)3-6-1-2-13-4-6;/h1-2,4,7H,3H2,(H,9,10)(H,11,12);/q-1;. The second kappa shape index (κ2) is 5.31. The Labute approximate surface area is 79.2 Å². The molecule has 0 saturated carbocycles. The van der Waals surface area contributed by atoms with Crippen molar-refractivity contribution in [2.45, 2.75) is 12.5 Å². The summed E-state index contributed by atoms with van der Waals surface area (Å²) in [5, 5.41) is 14.5. The second-order valence-electron chi connectivity index (χ2n) is 2.47. The van der Waals surface area contributed by atoms with Crippen LogP contribution in [0.2, 0.25) is 0 Å². The van der Waals surface area contributed by atoms with E-state index in [4.69, 9.17) is 5.11 Å². The Balaban J connectivity index is 0.00000169. The monoisotopic (exact) mass is 455 g/mol. The molecule has 0 spiro atoms. The summed E-state index contributed by atoms with van der Waals surface area (Å²) in [6.45, 7) is 0. The molecule has 6 heteroatoms. The van der Waals surface area contributed by atoms with Gasteiger partial charge in [0.05, 0.1) is 0 Å². The Kier molecular flexibility index (Phi) is 4.42. The number of hydrogen-bond acceptors (Lipinski definition) is 3. The molecule has 0 saturated heterocycles. The number of carboxylic acid groups (broad SMARTS) is 1. The fourth-order valence-corrected chi connectivity index (χ4v) is 1.60. The van der Waals surface area contributed by atoms with Crippen LogP contribution in [-0.2, 0) is 16.0 Å². The molecule has 2 N–H and O–H groups in total. The third kappa shape index (κ3) is 2.94. The third-order valence-corrected chi connectivity index (χ3v) is 2.28. The summed E-state index contributed by atoms with van der Waals surface area (Å²) in [6, 6.07) is 0.944. The molecular formula is C8H8FmNO3S-. The first kappa shape index (κ1) is 11.6. The van der Waals surface area contributed by atoms with Gasteiger partial charge in [-0.05, 0) is 22.4 Å². The number of carbonyl (C=O) groups excluding carboxylic acids is 1. The van der Waals surface area contributed by atoms with E-state index in [9.17, 15) is 9.59 Å². The number of nitrogens with one attached hydrogen (secondary N) is 1. The summed E-state index contributed by atoms with van der Waals surface area (Å²) in [6.07, 6.45) is 1.68. The number of aliphatic carboxylic acids is 1. The number of rotatable bonds is 5. The van der Waals surface area contributed by atoms with Crippen LogP contribution >= 0.6 is 11.3 Å². The Bertz CT molecular complexity index is 289. The van der Waals surface area contributed by atoms with Gasteiger partial charge in [0.25, 0.3) is 0 Å². The Morgan fingerprint density at radius 2 is 2.43 bits per heavy atom. The van der Waals surface area contributed by atoms with Crippen LogP contribution in [0.5, 0.6) is 0 Å². The molecular weight excluding hydrogens is 447 g/mol. The van der Waals surface area contributed by atoms with Crippen molar-refractivity contribution in [3.63, 3.8) is 0 Å². The van der Waals surface area contributed by atoms with Gasteiger partial charge in [0, 0.05) is 6.42 Å². The molecule has 0 radical (unpaired) electrons. The van der Waals surface area contributed by atoms with E-state index < -0.39 is 12.0 Å². The smallest absolute Gasteiger partial charge is 0.323 e. The van der Waals surface area contributed by atoms with E-state index in [0.717, 1.165) is 5.56 Å². The molecule has 1 amide bonds. The van der Waals surface area contributed by atoms with Gasteiger partial charge in [0.15, 0.2) is 0 Å². The SMILES string of the molecule is O=[C-]NC(Cc1ccsc1)C(=O)O.[Fm]. The van der Waals surface area contributed by atoms with Gasteiger partial charge in [-0.2, -0.15) is 17.7 Å². The molecule has 1 unspecified atom stereocenters. The molecule has 0 aliphatic heterocycles. The van der Waals surface area contributed by atoms with Crippen LogP contribution in [0.4, 0.5) is 0 Å².